The number of rotatable bonds is 10. The van der Waals surface area contributed by atoms with Crippen molar-refractivity contribution in [2.75, 3.05) is 19.8 Å². The van der Waals surface area contributed by atoms with Crippen molar-refractivity contribution >= 4 is 5.97 Å². The minimum atomic E-state index is -0.862. The van der Waals surface area contributed by atoms with Crippen LogP contribution < -0.4 is 9.47 Å². The Bertz CT molecular complexity index is 968. The molecular weight excluding hydrogens is 480 g/mol. The van der Waals surface area contributed by atoms with Crippen LogP contribution in [0.15, 0.2) is 48.5 Å². The molecule has 1 saturated heterocycles. The van der Waals surface area contributed by atoms with Crippen LogP contribution in [0.3, 0.4) is 0 Å². The van der Waals surface area contributed by atoms with Crippen molar-refractivity contribution in [1.29, 1.82) is 0 Å². The molecule has 0 radical (unpaired) electrons. The lowest BCUT2D eigenvalue weighted by Gasteiger charge is -2.26. The van der Waals surface area contributed by atoms with Crippen molar-refractivity contribution < 1.29 is 28.8 Å². The maximum atomic E-state index is 12.7. The molecule has 0 bridgehead atoms. The Balaban J connectivity index is 1.21. The number of hydrogen-bond acceptors (Lipinski definition) is 6. The van der Waals surface area contributed by atoms with Gasteiger partial charge in [-0.1, -0.05) is 89.5 Å². The molecule has 2 aromatic carbocycles. The predicted molar refractivity (Wildman–Crippen MR) is 148 cm³/mol. The second-order valence-electron chi connectivity index (χ2n) is 11.3. The molecule has 6 nitrogen and oxygen atoms in total. The molecule has 4 rings (SSSR count). The van der Waals surface area contributed by atoms with Gasteiger partial charge in [-0.25, -0.2) is 0 Å². The number of ether oxygens (including phenoxy) is 4. The number of aliphatic hydroxyl groups is 1. The van der Waals surface area contributed by atoms with E-state index in [0.717, 1.165) is 37.0 Å². The Kier molecular flexibility index (Phi) is 10.5. The first kappa shape index (κ1) is 28.4. The molecule has 208 valence electrons. The maximum Gasteiger partial charge on any atom is 0.309 e. The highest BCUT2D eigenvalue weighted by molar-refractivity contribution is 5.72. The Labute approximate surface area is 227 Å². The van der Waals surface area contributed by atoms with Crippen molar-refractivity contribution in [2.45, 2.75) is 95.9 Å². The second kappa shape index (κ2) is 14.0. The summed E-state index contributed by atoms with van der Waals surface area (Å²) in [7, 11) is 0. The van der Waals surface area contributed by atoms with Crippen molar-refractivity contribution in [3.8, 4) is 11.5 Å². The fraction of sp³-hybridized carbons (Fsp3) is 0.594. The number of benzene rings is 2. The monoisotopic (exact) mass is 524 g/mol. The van der Waals surface area contributed by atoms with Crippen LogP contribution in [-0.2, 0) is 19.7 Å². The van der Waals surface area contributed by atoms with Crippen molar-refractivity contribution in [3.05, 3.63) is 59.7 Å². The second-order valence-corrected chi connectivity index (χ2v) is 11.3. The Morgan fingerprint density at radius 2 is 1.34 bits per heavy atom. The van der Waals surface area contributed by atoms with Crippen LogP contribution >= 0.6 is 0 Å². The lowest BCUT2D eigenvalue weighted by molar-refractivity contribution is -0.152. The standard InChI is InChI=1S/C32H44O6/c1-32(2,26-15-19-29(20-16-26)38-30-23-36-30)25-13-17-28(18-14-25)35-21-27(33)22-37-31(34)24-11-9-7-5-3-4-6-8-10-12-24/h13-20,24,27,30,33H,3-12,21-23H2,1-2H3. The van der Waals surface area contributed by atoms with Gasteiger partial charge < -0.3 is 24.1 Å². The van der Waals surface area contributed by atoms with Gasteiger partial charge in [0.05, 0.1) is 5.92 Å². The summed E-state index contributed by atoms with van der Waals surface area (Å²) in [5, 5.41) is 10.4. The molecule has 1 aliphatic carbocycles. The largest absolute Gasteiger partial charge is 0.491 e. The quantitative estimate of drug-likeness (QED) is 0.280. The average Bonchev–Trinajstić information content (AvgIpc) is 3.75. The topological polar surface area (TPSA) is 77.5 Å². The van der Waals surface area contributed by atoms with E-state index in [0.29, 0.717) is 12.4 Å². The molecule has 0 aromatic heterocycles. The fourth-order valence-corrected chi connectivity index (χ4v) is 5.10. The third-order valence-electron chi connectivity index (χ3n) is 7.77. The van der Waals surface area contributed by atoms with Gasteiger partial charge in [-0.05, 0) is 48.2 Å². The van der Waals surface area contributed by atoms with E-state index in [4.69, 9.17) is 18.9 Å². The summed E-state index contributed by atoms with van der Waals surface area (Å²) in [6.45, 7) is 5.06. The lowest BCUT2D eigenvalue weighted by Crippen LogP contribution is -2.28. The number of aliphatic hydroxyl groups excluding tert-OH is 1. The Morgan fingerprint density at radius 1 is 0.842 bits per heavy atom. The number of hydrogen-bond donors (Lipinski definition) is 1. The van der Waals surface area contributed by atoms with Crippen LogP contribution in [-0.4, -0.2) is 43.3 Å². The van der Waals surface area contributed by atoms with Crippen LogP contribution in [0.5, 0.6) is 11.5 Å². The minimum Gasteiger partial charge on any atom is -0.491 e. The molecule has 2 fully saturated rings. The Hall–Kier alpha value is -2.57. The third kappa shape index (κ3) is 8.74. The summed E-state index contributed by atoms with van der Waals surface area (Å²) in [4.78, 5) is 12.7. The maximum absolute atomic E-state index is 12.7. The first-order valence-electron chi connectivity index (χ1n) is 14.4. The number of epoxide rings is 1. The molecule has 0 spiro atoms. The first-order chi connectivity index (χ1) is 18.4. The number of carbonyl (C=O) groups excluding carboxylic acids is 1. The molecular formula is C32H44O6. The molecule has 1 aliphatic heterocycles. The van der Waals surface area contributed by atoms with Gasteiger partial charge in [0, 0.05) is 5.41 Å². The van der Waals surface area contributed by atoms with E-state index in [-0.39, 0.29) is 36.8 Å². The molecule has 6 heteroatoms. The molecule has 38 heavy (non-hydrogen) atoms. The molecule has 2 atom stereocenters. The normalized spacial score (nSPS) is 20.1. The average molecular weight is 525 g/mol. The Morgan fingerprint density at radius 3 is 1.87 bits per heavy atom. The lowest BCUT2D eigenvalue weighted by atomic mass is 9.78. The number of esters is 1. The van der Waals surface area contributed by atoms with Gasteiger partial charge >= 0.3 is 5.97 Å². The van der Waals surface area contributed by atoms with Gasteiger partial charge in [0.25, 0.3) is 0 Å². The van der Waals surface area contributed by atoms with E-state index < -0.39 is 6.10 Å². The van der Waals surface area contributed by atoms with Crippen molar-refractivity contribution in [2.24, 2.45) is 5.92 Å². The van der Waals surface area contributed by atoms with Crippen molar-refractivity contribution in [3.63, 3.8) is 0 Å². The van der Waals surface area contributed by atoms with Crippen LogP contribution in [0.1, 0.15) is 89.2 Å². The van der Waals surface area contributed by atoms with Gasteiger partial charge in [-0.2, -0.15) is 0 Å². The number of carbonyl (C=O) groups is 1. The molecule has 2 unspecified atom stereocenters. The predicted octanol–water partition coefficient (Wildman–Crippen LogP) is 6.56. The minimum absolute atomic E-state index is 0.0347. The zero-order chi connectivity index (χ0) is 26.8. The first-order valence-corrected chi connectivity index (χ1v) is 14.4. The fourth-order valence-electron chi connectivity index (χ4n) is 5.10. The molecule has 0 amide bonds. The molecule has 2 aromatic rings. The van der Waals surface area contributed by atoms with Gasteiger partial charge in [-0.15, -0.1) is 0 Å². The molecule has 1 N–H and O–H groups in total. The van der Waals surface area contributed by atoms with E-state index in [9.17, 15) is 9.90 Å². The van der Waals surface area contributed by atoms with E-state index in [2.05, 4.69) is 26.0 Å². The van der Waals surface area contributed by atoms with E-state index in [1.54, 1.807) is 0 Å². The zero-order valence-corrected chi connectivity index (χ0v) is 23.0. The highest BCUT2D eigenvalue weighted by Gasteiger charge is 2.26. The van der Waals surface area contributed by atoms with Crippen molar-refractivity contribution in [1.82, 2.24) is 0 Å². The summed E-state index contributed by atoms with van der Waals surface area (Å²) in [5.74, 6) is 1.26. The summed E-state index contributed by atoms with van der Waals surface area (Å²) in [6, 6.07) is 16.1. The summed E-state index contributed by atoms with van der Waals surface area (Å²) >= 11 is 0. The third-order valence-corrected chi connectivity index (χ3v) is 7.77. The van der Waals surface area contributed by atoms with Crippen LogP contribution in [0.2, 0.25) is 0 Å². The molecule has 2 aliphatic rings. The van der Waals surface area contributed by atoms with Gasteiger partial charge in [0.15, 0.2) is 0 Å². The van der Waals surface area contributed by atoms with E-state index >= 15 is 0 Å². The smallest absolute Gasteiger partial charge is 0.309 e. The van der Waals surface area contributed by atoms with Crippen LogP contribution in [0.4, 0.5) is 0 Å². The van der Waals surface area contributed by atoms with Crippen LogP contribution in [0, 0.1) is 5.92 Å². The highest BCUT2D eigenvalue weighted by Crippen LogP contribution is 2.34. The van der Waals surface area contributed by atoms with E-state index in [1.807, 2.05) is 36.4 Å². The SMILES string of the molecule is CC(C)(c1ccc(OCC(O)COC(=O)C2CCCCCCCCCC2)cc1)c1ccc(OC2CO2)cc1. The summed E-state index contributed by atoms with van der Waals surface area (Å²) in [5.41, 5.74) is 2.13. The highest BCUT2D eigenvalue weighted by atomic mass is 16.8. The zero-order valence-electron chi connectivity index (χ0n) is 23.0. The van der Waals surface area contributed by atoms with Crippen LogP contribution in [0.25, 0.3) is 0 Å². The summed E-state index contributed by atoms with van der Waals surface area (Å²) in [6.07, 6.45) is 10.5. The molecule has 1 heterocycles. The van der Waals surface area contributed by atoms with E-state index in [1.165, 1.54) is 44.1 Å². The van der Waals surface area contributed by atoms with Gasteiger partial charge in [-0.3, -0.25) is 4.79 Å². The van der Waals surface area contributed by atoms with Gasteiger partial charge in [0.1, 0.15) is 37.4 Å². The summed E-state index contributed by atoms with van der Waals surface area (Å²) < 4.78 is 22.1. The van der Waals surface area contributed by atoms with Gasteiger partial charge in [0.2, 0.25) is 6.29 Å². The molecule has 1 saturated carbocycles.